The number of hydrogen-bond donors (Lipinski definition) is 0. The highest BCUT2D eigenvalue weighted by atomic mass is 15.1. The zero-order chi connectivity index (χ0) is 33.2. The lowest BCUT2D eigenvalue weighted by Crippen LogP contribution is -1.97. The van der Waals surface area contributed by atoms with Crippen LogP contribution in [0, 0.1) is 0 Å². The van der Waals surface area contributed by atoms with E-state index in [-0.39, 0.29) is 0 Å². The summed E-state index contributed by atoms with van der Waals surface area (Å²) < 4.78 is 4.44. The van der Waals surface area contributed by atoms with Gasteiger partial charge in [-0.15, -0.1) is 0 Å². The Morgan fingerprint density at radius 2 is 0.959 bits per heavy atom. The smallest absolute Gasteiger partial charge is 0.145 e. The van der Waals surface area contributed by atoms with E-state index in [0.29, 0.717) is 0 Å². The molecular formula is C44H33N5. The van der Waals surface area contributed by atoms with Gasteiger partial charge in [-0.3, -0.25) is 14.1 Å². The van der Waals surface area contributed by atoms with Crippen molar-refractivity contribution < 1.29 is 0 Å². The summed E-state index contributed by atoms with van der Waals surface area (Å²) >= 11 is 0. The van der Waals surface area contributed by atoms with Crippen LogP contribution in [-0.4, -0.2) is 25.8 Å². The maximum absolute atomic E-state index is 5.02. The van der Waals surface area contributed by atoms with E-state index < -0.39 is 0 Å². The van der Waals surface area contributed by atoms with Crippen LogP contribution in [0.2, 0.25) is 0 Å². The monoisotopic (exact) mass is 631 g/mol. The second-order valence-electron chi connectivity index (χ2n) is 11.9. The lowest BCUT2D eigenvalue weighted by atomic mass is 9.98. The average Bonchev–Trinajstić information content (AvgIpc) is 3.75. The number of fused-ring (bicyclic) bond motifs is 2. The average molecular weight is 632 g/mol. The summed E-state index contributed by atoms with van der Waals surface area (Å²) in [7, 11) is 0. The van der Waals surface area contributed by atoms with Crippen molar-refractivity contribution in [1.29, 1.82) is 0 Å². The zero-order valence-electron chi connectivity index (χ0n) is 27.1. The molecule has 0 saturated heterocycles. The van der Waals surface area contributed by atoms with Crippen LogP contribution < -0.4 is 0 Å². The molecule has 0 bridgehead atoms. The van der Waals surface area contributed by atoms with Crippen LogP contribution in [0.5, 0.6) is 0 Å². The van der Waals surface area contributed by atoms with Crippen LogP contribution in [-0.2, 0) is 0 Å². The SMILES string of the molecule is C=N/C=C(\C=C(/C)c1ccc(-c2nc3ccccc3n2-c2ccccc2)cc1)c1ccc(-c2nc3ccccc3n2-c2ccccc2)cc1. The number of aromatic nitrogens is 4. The van der Waals surface area contributed by atoms with Crippen molar-refractivity contribution in [2.24, 2.45) is 4.99 Å². The molecular weight excluding hydrogens is 599 g/mol. The molecule has 0 N–H and O–H groups in total. The molecule has 0 fully saturated rings. The normalized spacial score (nSPS) is 12.1. The van der Waals surface area contributed by atoms with Gasteiger partial charge in [-0.05, 0) is 84.9 Å². The molecule has 0 saturated carbocycles. The topological polar surface area (TPSA) is 48.0 Å². The van der Waals surface area contributed by atoms with E-state index in [0.717, 1.165) is 78.5 Å². The van der Waals surface area contributed by atoms with Gasteiger partial charge < -0.3 is 0 Å². The molecule has 8 rings (SSSR count). The number of benzene rings is 6. The first kappa shape index (κ1) is 29.8. The first-order valence-corrected chi connectivity index (χ1v) is 16.3. The Kier molecular flexibility index (Phi) is 7.84. The molecule has 0 spiro atoms. The highest BCUT2D eigenvalue weighted by molar-refractivity contribution is 5.87. The second-order valence-corrected chi connectivity index (χ2v) is 11.9. The van der Waals surface area contributed by atoms with Crippen molar-refractivity contribution in [2.45, 2.75) is 6.92 Å². The van der Waals surface area contributed by atoms with Crippen LogP contribution in [0.4, 0.5) is 0 Å². The molecule has 5 nitrogen and oxygen atoms in total. The predicted molar refractivity (Wildman–Crippen MR) is 204 cm³/mol. The van der Waals surface area contributed by atoms with Crippen molar-refractivity contribution in [1.82, 2.24) is 19.1 Å². The van der Waals surface area contributed by atoms with Gasteiger partial charge in [0.05, 0.1) is 22.1 Å². The molecule has 0 amide bonds. The molecule has 0 atom stereocenters. The van der Waals surface area contributed by atoms with Gasteiger partial charge in [-0.25, -0.2) is 9.97 Å². The summed E-state index contributed by atoms with van der Waals surface area (Å²) in [5.74, 6) is 1.82. The maximum atomic E-state index is 5.02. The van der Waals surface area contributed by atoms with Crippen molar-refractivity contribution in [2.75, 3.05) is 0 Å². The molecule has 0 aliphatic rings. The fourth-order valence-corrected chi connectivity index (χ4v) is 6.42. The summed E-state index contributed by atoms with van der Waals surface area (Å²) in [5.41, 5.74) is 12.6. The van der Waals surface area contributed by atoms with Crippen LogP contribution in [0.1, 0.15) is 18.1 Å². The predicted octanol–water partition coefficient (Wildman–Crippen LogP) is 10.8. The van der Waals surface area contributed by atoms with E-state index >= 15 is 0 Å². The summed E-state index contributed by atoms with van der Waals surface area (Å²) in [6.45, 7) is 5.89. The minimum Gasteiger partial charge on any atom is -0.292 e. The number of aliphatic imine (C=N–C) groups is 1. The van der Waals surface area contributed by atoms with Crippen LogP contribution in [0.25, 0.3) is 67.4 Å². The Morgan fingerprint density at radius 1 is 0.531 bits per heavy atom. The van der Waals surface area contributed by atoms with Crippen LogP contribution >= 0.6 is 0 Å². The molecule has 49 heavy (non-hydrogen) atoms. The minimum absolute atomic E-state index is 0.902. The molecule has 0 aliphatic heterocycles. The van der Waals surface area contributed by atoms with E-state index in [1.165, 1.54) is 0 Å². The van der Waals surface area contributed by atoms with Gasteiger partial charge in [0.25, 0.3) is 0 Å². The van der Waals surface area contributed by atoms with Crippen LogP contribution in [0.3, 0.4) is 0 Å². The second kappa shape index (κ2) is 12.9. The molecule has 2 aromatic heterocycles. The highest BCUT2D eigenvalue weighted by Crippen LogP contribution is 2.32. The van der Waals surface area contributed by atoms with Crippen molar-refractivity contribution in [3.05, 3.63) is 181 Å². The lowest BCUT2D eigenvalue weighted by Gasteiger charge is -2.11. The number of rotatable bonds is 8. The first-order chi connectivity index (χ1) is 24.2. The lowest BCUT2D eigenvalue weighted by molar-refractivity contribution is 1.10. The van der Waals surface area contributed by atoms with Gasteiger partial charge >= 0.3 is 0 Å². The summed E-state index contributed by atoms with van der Waals surface area (Å²) in [4.78, 5) is 14.2. The molecule has 0 unspecified atom stereocenters. The third-order valence-corrected chi connectivity index (χ3v) is 8.83. The third kappa shape index (κ3) is 5.68. The first-order valence-electron chi connectivity index (χ1n) is 16.3. The standard InChI is InChI=1S/C44H33N5/c1-31(32-21-25-34(26-22-32)43-46-39-17-9-11-19-41(39)48(43)37-13-5-3-6-14-37)29-36(30-45-2)33-23-27-35(28-24-33)44-47-40-18-10-12-20-42(40)49(44)38-15-7-4-8-16-38/h3-30H,2H2,1H3/b31-29+,36-30+. The molecule has 6 aromatic carbocycles. The van der Waals surface area contributed by atoms with Gasteiger partial charge in [0.2, 0.25) is 0 Å². The van der Waals surface area contributed by atoms with Gasteiger partial charge in [-0.1, -0.05) is 109 Å². The Hall–Kier alpha value is -6.59. The summed E-state index contributed by atoms with van der Waals surface area (Å²) in [6.07, 6.45) is 3.98. The van der Waals surface area contributed by atoms with Crippen molar-refractivity contribution in [3.63, 3.8) is 0 Å². The maximum Gasteiger partial charge on any atom is 0.145 e. The largest absolute Gasteiger partial charge is 0.292 e. The minimum atomic E-state index is 0.902. The Bertz CT molecular complexity index is 2480. The number of para-hydroxylation sites is 6. The van der Waals surface area contributed by atoms with Crippen molar-refractivity contribution in [3.8, 4) is 34.2 Å². The van der Waals surface area contributed by atoms with E-state index in [2.05, 4.69) is 167 Å². The van der Waals surface area contributed by atoms with E-state index in [1.807, 2.05) is 30.5 Å². The number of hydrogen-bond acceptors (Lipinski definition) is 3. The number of allylic oxidation sites excluding steroid dienone is 3. The van der Waals surface area contributed by atoms with E-state index in [4.69, 9.17) is 9.97 Å². The van der Waals surface area contributed by atoms with Crippen molar-refractivity contribution >= 4 is 39.9 Å². The fraction of sp³-hybridized carbons (Fsp3) is 0.0227. The van der Waals surface area contributed by atoms with E-state index in [1.54, 1.807) is 0 Å². The third-order valence-electron chi connectivity index (χ3n) is 8.83. The summed E-state index contributed by atoms with van der Waals surface area (Å²) in [6, 6.07) is 54.4. The van der Waals surface area contributed by atoms with Gasteiger partial charge in [0.15, 0.2) is 0 Å². The molecule has 0 aliphatic carbocycles. The molecule has 8 aromatic rings. The summed E-state index contributed by atoms with van der Waals surface area (Å²) in [5, 5.41) is 0. The molecule has 0 radical (unpaired) electrons. The number of imidazole rings is 2. The Balaban J connectivity index is 1.10. The number of nitrogens with zero attached hydrogens (tertiary/aromatic N) is 5. The molecule has 234 valence electrons. The highest BCUT2D eigenvalue weighted by Gasteiger charge is 2.16. The van der Waals surface area contributed by atoms with Gasteiger partial charge in [0.1, 0.15) is 11.6 Å². The quantitative estimate of drug-likeness (QED) is 0.124. The Morgan fingerprint density at radius 3 is 1.43 bits per heavy atom. The van der Waals surface area contributed by atoms with Crippen LogP contribution in [0.15, 0.2) is 175 Å². The Labute approximate surface area is 285 Å². The molecule has 2 heterocycles. The van der Waals surface area contributed by atoms with Gasteiger partial charge in [0, 0.05) is 34.3 Å². The molecule has 5 heteroatoms. The zero-order valence-corrected chi connectivity index (χ0v) is 27.1. The fourth-order valence-electron chi connectivity index (χ4n) is 6.42. The van der Waals surface area contributed by atoms with E-state index in [9.17, 15) is 0 Å². The van der Waals surface area contributed by atoms with Gasteiger partial charge in [-0.2, -0.15) is 0 Å².